The molecule has 1 aromatic heterocycles. The van der Waals surface area contributed by atoms with Gasteiger partial charge in [0.05, 0.1) is 44.8 Å². The number of aliphatic carboxylic acids is 3. The van der Waals surface area contributed by atoms with Crippen molar-refractivity contribution in [2.75, 3.05) is 118 Å². The van der Waals surface area contributed by atoms with Gasteiger partial charge in [-0.1, -0.05) is 80.9 Å². The number of halogens is 1. The Labute approximate surface area is 553 Å². The summed E-state index contributed by atoms with van der Waals surface area (Å²) in [5.74, 6) is -6.60. The number of benzene rings is 3. The molecule has 7 amide bonds. The van der Waals surface area contributed by atoms with E-state index in [-0.39, 0.29) is 166 Å². The topological polar surface area (TPSA) is 365 Å². The second-order valence-corrected chi connectivity index (χ2v) is 25.7. The van der Waals surface area contributed by atoms with Gasteiger partial charge in [-0.2, -0.15) is 0 Å². The van der Waals surface area contributed by atoms with Crippen molar-refractivity contribution in [2.45, 2.75) is 115 Å². The van der Waals surface area contributed by atoms with Crippen molar-refractivity contribution in [3.05, 3.63) is 107 Å². The van der Waals surface area contributed by atoms with Crippen LogP contribution in [-0.4, -0.2) is 256 Å². The number of piperidine rings is 1. The summed E-state index contributed by atoms with van der Waals surface area (Å²) in [4.78, 5) is 146. The van der Waals surface area contributed by atoms with Gasteiger partial charge in [0, 0.05) is 128 Å². The number of carboxylic acid groups (broad SMARTS) is 3. The van der Waals surface area contributed by atoms with Crippen molar-refractivity contribution in [2.24, 2.45) is 11.7 Å². The Bertz CT molecular complexity index is 3230. The minimum Gasteiger partial charge on any atom is -0.480 e. The Balaban J connectivity index is 0.922. The molecule has 12 N–H and O–H groups in total. The molecule has 0 aliphatic carbocycles. The van der Waals surface area contributed by atoms with Gasteiger partial charge >= 0.3 is 17.9 Å². The second-order valence-electron chi connectivity index (χ2n) is 25.7. The van der Waals surface area contributed by atoms with Crippen LogP contribution in [0.5, 0.6) is 0 Å². The first-order chi connectivity index (χ1) is 45.4. The van der Waals surface area contributed by atoms with Crippen LogP contribution in [-0.2, 0) is 67.3 Å². The fourth-order valence-electron chi connectivity index (χ4n) is 12.3. The molecule has 0 spiro atoms. The molecule has 3 saturated heterocycles. The van der Waals surface area contributed by atoms with E-state index in [1.165, 1.54) is 6.07 Å². The minimum absolute atomic E-state index is 0.0136. The summed E-state index contributed by atoms with van der Waals surface area (Å²) in [6.07, 6.45) is 4.13. The highest BCUT2D eigenvalue weighted by Gasteiger charge is 2.47. The normalized spacial score (nSPS) is 17.5. The van der Waals surface area contributed by atoms with Crippen LogP contribution in [0.25, 0.3) is 10.9 Å². The highest BCUT2D eigenvalue weighted by atomic mass is 19.1. The van der Waals surface area contributed by atoms with Crippen molar-refractivity contribution in [1.29, 1.82) is 0 Å². The molecule has 3 aliphatic heterocycles. The number of aromatic amines is 1. The third kappa shape index (κ3) is 23.8. The highest BCUT2D eigenvalue weighted by Crippen LogP contribution is 2.28. The number of hydrogen-bond donors (Lipinski definition) is 11. The van der Waals surface area contributed by atoms with Crippen LogP contribution in [0.3, 0.4) is 0 Å². The van der Waals surface area contributed by atoms with Gasteiger partial charge in [0.25, 0.3) is 0 Å². The Hall–Kier alpha value is -8.41. The lowest BCUT2D eigenvalue weighted by molar-refractivity contribution is -0.143. The number of likely N-dealkylation sites (tertiary alicyclic amines) is 2. The molecule has 4 heterocycles. The first kappa shape index (κ1) is 74.0. The number of aryl methyl sites for hydroxylation is 1. The zero-order valence-electron chi connectivity index (χ0n) is 54.8. The fraction of sp³-hybridized carbons (Fsp3) is 0.552. The lowest BCUT2D eigenvalue weighted by Gasteiger charge is -2.47. The number of carbonyl (C=O) groups excluding carboxylic acids is 7. The molecule has 27 nitrogen and oxygen atoms in total. The average molecular weight is 1320 g/mol. The average Bonchev–Trinajstić information content (AvgIpc) is 0.804. The Morgan fingerprint density at radius 1 is 0.663 bits per heavy atom. The zero-order valence-corrected chi connectivity index (χ0v) is 54.8. The number of H-pyrrole nitrogens is 1. The number of nitrogens with zero attached hydrogens (tertiary/aromatic N) is 6. The molecule has 0 bridgehead atoms. The Morgan fingerprint density at radius 2 is 1.25 bits per heavy atom. The van der Waals surface area contributed by atoms with Gasteiger partial charge in [-0.15, -0.1) is 0 Å². The third-order valence-corrected chi connectivity index (χ3v) is 17.8. The van der Waals surface area contributed by atoms with Gasteiger partial charge in [-0.3, -0.25) is 72.4 Å². The van der Waals surface area contributed by atoms with E-state index in [2.05, 4.69) is 36.9 Å². The number of nitrogens with two attached hydrogens (primary N) is 1. The van der Waals surface area contributed by atoms with E-state index in [4.69, 9.17) is 5.73 Å². The number of nitrogens with one attached hydrogen (secondary N) is 7. The number of rotatable bonds is 33. The van der Waals surface area contributed by atoms with Crippen LogP contribution < -0.4 is 37.6 Å². The molecule has 0 unspecified atom stereocenters. The van der Waals surface area contributed by atoms with Crippen LogP contribution in [0.2, 0.25) is 0 Å². The van der Waals surface area contributed by atoms with Crippen LogP contribution in [0.1, 0.15) is 81.0 Å². The summed E-state index contributed by atoms with van der Waals surface area (Å²) in [6.45, 7) is 8.13. The lowest BCUT2D eigenvalue weighted by Crippen LogP contribution is -2.70. The van der Waals surface area contributed by atoms with Crippen molar-refractivity contribution >= 4 is 70.2 Å². The second kappa shape index (κ2) is 36.5. The van der Waals surface area contributed by atoms with E-state index in [0.29, 0.717) is 56.4 Å². The van der Waals surface area contributed by atoms with Gasteiger partial charge in [-0.25, -0.2) is 4.39 Å². The predicted octanol–water partition coefficient (Wildman–Crippen LogP) is 0.490. The van der Waals surface area contributed by atoms with Gasteiger partial charge in [0.1, 0.15) is 23.4 Å². The molecule has 28 heteroatoms. The highest BCUT2D eigenvalue weighted by molar-refractivity contribution is 5.97. The molecule has 0 saturated carbocycles. The monoisotopic (exact) mass is 1320 g/mol. The fourth-order valence-corrected chi connectivity index (χ4v) is 12.3. The molecule has 3 atom stereocenters. The van der Waals surface area contributed by atoms with Crippen LogP contribution in [0.15, 0.2) is 79.0 Å². The molecule has 0 radical (unpaired) electrons. The first-order valence-electron chi connectivity index (χ1n) is 32.8. The molecule has 3 fully saturated rings. The standard InChI is InChI=1S/C67H95FN14O13/c1-45(2)32-56(65(94)76-67(66(95)75-54(63(69)92)35-49-37-72-53-15-10-9-14-51(49)53)19-22-81(23-20-67)59(85)38-70-36-48-18-17-46(3)52(68)33-48)82-39-50(40-82)73-64(93)55(34-47-12-6-4-7-13-47)74-57(83)16-8-5-11-21-71-58(84)41-77-24-26-78(42-60(86)87)28-30-80(44-62(90)91)31-29-79(27-25-77)43-61(88)89/h4,6-7,9-10,12-15,17-18,33,37,45,50,54-56,70,72H,5,8,11,16,19-32,34-36,38-44H2,1-3H3,(H2,69,92)(H,71,84)(H,73,93)(H,74,83)(H,75,95)(H,76,94)(H,86,87)(H,88,89)(H,90,91)/t54-,55-,56-/m0/s1. The lowest BCUT2D eigenvalue weighted by atomic mass is 9.84. The Kier molecular flexibility index (Phi) is 28.4. The summed E-state index contributed by atoms with van der Waals surface area (Å²) in [5.41, 5.74) is 7.98. The van der Waals surface area contributed by atoms with E-state index in [0.717, 1.165) is 22.0 Å². The summed E-state index contributed by atoms with van der Waals surface area (Å²) in [6, 6.07) is 18.4. The number of hydrogen-bond acceptors (Lipinski definition) is 16. The molecule has 3 aliphatic rings. The molecule has 95 heavy (non-hydrogen) atoms. The van der Waals surface area contributed by atoms with Gasteiger partial charge in [0.15, 0.2) is 0 Å². The SMILES string of the molecule is Cc1ccc(CNCC(=O)N2CCC(NC(=O)[C@H](CC(C)C)N3CC(NC(=O)[C@H](Cc4ccccc4)NC(=O)CCCCCNC(=O)CN4CCN(CC(=O)O)CCN(CC(=O)O)CCN(CC(=O)O)CC4)C3)(C(=O)N[C@@H](Cc3c[nH]c4ccccc34)C(N)=O)CC2)cc1F. The molecule has 3 aromatic carbocycles. The largest absolute Gasteiger partial charge is 0.480 e. The number of unbranched alkanes of at least 4 members (excludes halogenated alkanes) is 2. The van der Waals surface area contributed by atoms with Gasteiger partial charge < -0.3 is 62.8 Å². The molecular formula is C67H95FN14O13. The molecule has 518 valence electrons. The number of carboxylic acids is 3. The van der Waals surface area contributed by atoms with Gasteiger partial charge in [-0.05, 0) is 79.3 Å². The number of para-hydroxylation sites is 1. The number of primary amides is 1. The molecule has 7 rings (SSSR count). The summed E-state index contributed by atoms with van der Waals surface area (Å²) < 4.78 is 14.3. The van der Waals surface area contributed by atoms with Crippen molar-refractivity contribution in [3.8, 4) is 0 Å². The minimum atomic E-state index is -1.57. The predicted molar refractivity (Wildman–Crippen MR) is 352 cm³/mol. The summed E-state index contributed by atoms with van der Waals surface area (Å²) in [5, 5.41) is 47.5. The maximum atomic E-state index is 14.9. The van der Waals surface area contributed by atoms with Crippen LogP contribution in [0, 0.1) is 18.7 Å². The van der Waals surface area contributed by atoms with Crippen LogP contribution >= 0.6 is 0 Å². The smallest absolute Gasteiger partial charge is 0.317 e. The maximum absolute atomic E-state index is 14.9. The number of amides is 7. The van der Waals surface area contributed by atoms with Crippen molar-refractivity contribution in [1.82, 2.24) is 66.3 Å². The van der Waals surface area contributed by atoms with Crippen molar-refractivity contribution in [3.63, 3.8) is 0 Å². The third-order valence-electron chi connectivity index (χ3n) is 17.8. The number of fused-ring (bicyclic) bond motifs is 1. The number of carbonyl (C=O) groups is 10. The van der Waals surface area contributed by atoms with Crippen LogP contribution in [0.4, 0.5) is 4.39 Å². The van der Waals surface area contributed by atoms with E-state index in [9.17, 15) is 67.7 Å². The Morgan fingerprint density at radius 3 is 1.83 bits per heavy atom. The summed E-state index contributed by atoms with van der Waals surface area (Å²) in [7, 11) is 0. The quantitative estimate of drug-likeness (QED) is 0.0289. The van der Waals surface area contributed by atoms with E-state index in [1.807, 2.05) is 78.2 Å². The van der Waals surface area contributed by atoms with E-state index in [1.54, 1.807) is 44.9 Å². The summed E-state index contributed by atoms with van der Waals surface area (Å²) >= 11 is 0. The van der Waals surface area contributed by atoms with E-state index >= 15 is 0 Å². The molecular weight excluding hydrogens is 1230 g/mol. The van der Waals surface area contributed by atoms with E-state index < -0.39 is 71.2 Å². The zero-order chi connectivity index (χ0) is 68.6. The molecule has 4 aromatic rings. The van der Waals surface area contributed by atoms with Gasteiger partial charge in [0.2, 0.25) is 41.4 Å². The number of aromatic nitrogens is 1. The first-order valence-corrected chi connectivity index (χ1v) is 32.8. The maximum Gasteiger partial charge on any atom is 0.317 e. The van der Waals surface area contributed by atoms with Crippen molar-refractivity contribution < 1.29 is 67.7 Å².